The first kappa shape index (κ1) is 11.5. The quantitative estimate of drug-likeness (QED) is 0.875. The van der Waals surface area contributed by atoms with Crippen LogP contribution >= 0.6 is 11.6 Å². The highest BCUT2D eigenvalue weighted by atomic mass is 35.5. The smallest absolute Gasteiger partial charge is 0.101 e. The van der Waals surface area contributed by atoms with Crippen molar-refractivity contribution in [3.8, 4) is 6.07 Å². The molecule has 0 fully saturated rings. The molecule has 1 aromatic carbocycles. The summed E-state index contributed by atoms with van der Waals surface area (Å²) >= 11 is 5.91. The third-order valence-electron chi connectivity index (χ3n) is 2.49. The molecule has 1 unspecified atom stereocenters. The number of hydrogen-bond donors (Lipinski definition) is 2. The maximum Gasteiger partial charge on any atom is 0.101 e. The van der Waals surface area contributed by atoms with Gasteiger partial charge in [-0.2, -0.15) is 10.4 Å². The molecule has 86 valence electrons. The van der Waals surface area contributed by atoms with E-state index in [2.05, 4.69) is 21.6 Å². The second-order valence-electron chi connectivity index (χ2n) is 3.70. The molecule has 2 aromatic rings. The molecule has 17 heavy (non-hydrogen) atoms. The first-order chi connectivity index (χ1) is 8.20. The van der Waals surface area contributed by atoms with E-state index in [1.807, 2.05) is 13.1 Å². The highest BCUT2D eigenvalue weighted by Gasteiger charge is 2.09. The van der Waals surface area contributed by atoms with Gasteiger partial charge in [-0.25, -0.2) is 0 Å². The molecule has 2 rings (SSSR count). The van der Waals surface area contributed by atoms with Gasteiger partial charge in [0.2, 0.25) is 0 Å². The van der Waals surface area contributed by atoms with Crippen LogP contribution in [0.3, 0.4) is 0 Å². The summed E-state index contributed by atoms with van der Waals surface area (Å²) in [5.41, 5.74) is 2.33. The summed E-state index contributed by atoms with van der Waals surface area (Å²) in [5.74, 6) is 0. The van der Waals surface area contributed by atoms with E-state index in [1.54, 1.807) is 24.4 Å². The average molecular weight is 247 g/mol. The van der Waals surface area contributed by atoms with Gasteiger partial charge in [-0.3, -0.25) is 5.10 Å². The Labute approximate surface area is 104 Å². The standard InChI is InChI=1S/C12H11ClN4/c1-8(10-6-15-16-7-10)17-12-4-11(13)3-2-9(12)5-14/h2-4,6-8,17H,1H3,(H,15,16). The zero-order chi connectivity index (χ0) is 12.3. The SMILES string of the molecule is CC(Nc1cc(Cl)ccc1C#N)c1cn[nH]c1. The molecule has 5 heteroatoms. The summed E-state index contributed by atoms with van der Waals surface area (Å²) in [5, 5.41) is 19.5. The van der Waals surface area contributed by atoms with Crippen LogP contribution in [0.15, 0.2) is 30.6 Å². The van der Waals surface area contributed by atoms with Crippen LogP contribution in [0.4, 0.5) is 5.69 Å². The molecule has 0 radical (unpaired) electrons. The number of anilines is 1. The highest BCUT2D eigenvalue weighted by Crippen LogP contribution is 2.24. The Morgan fingerprint density at radius 1 is 1.53 bits per heavy atom. The Morgan fingerprint density at radius 3 is 3.00 bits per heavy atom. The van der Waals surface area contributed by atoms with Crippen LogP contribution in [0.5, 0.6) is 0 Å². The number of nitrogens with zero attached hydrogens (tertiary/aromatic N) is 2. The summed E-state index contributed by atoms with van der Waals surface area (Å²) < 4.78 is 0. The van der Waals surface area contributed by atoms with Crippen LogP contribution in [-0.2, 0) is 0 Å². The highest BCUT2D eigenvalue weighted by molar-refractivity contribution is 6.30. The summed E-state index contributed by atoms with van der Waals surface area (Å²) in [4.78, 5) is 0. The number of benzene rings is 1. The second kappa shape index (κ2) is 4.89. The molecule has 0 spiro atoms. The minimum atomic E-state index is 0.0549. The Bertz CT molecular complexity index is 542. The van der Waals surface area contributed by atoms with Gasteiger partial charge < -0.3 is 5.32 Å². The van der Waals surface area contributed by atoms with Crippen molar-refractivity contribution in [2.75, 3.05) is 5.32 Å². The summed E-state index contributed by atoms with van der Waals surface area (Å²) in [7, 11) is 0. The largest absolute Gasteiger partial charge is 0.377 e. The minimum absolute atomic E-state index is 0.0549. The van der Waals surface area contributed by atoms with Crippen molar-refractivity contribution in [1.82, 2.24) is 10.2 Å². The lowest BCUT2D eigenvalue weighted by Gasteiger charge is -2.14. The molecule has 0 amide bonds. The van der Waals surface area contributed by atoms with Crippen LogP contribution in [-0.4, -0.2) is 10.2 Å². The van der Waals surface area contributed by atoms with E-state index in [1.165, 1.54) is 0 Å². The third-order valence-corrected chi connectivity index (χ3v) is 2.73. The van der Waals surface area contributed by atoms with E-state index in [0.717, 1.165) is 11.3 Å². The molecule has 0 bridgehead atoms. The van der Waals surface area contributed by atoms with Crippen molar-refractivity contribution < 1.29 is 0 Å². The number of aromatic amines is 1. The number of nitrogens with one attached hydrogen (secondary N) is 2. The van der Waals surface area contributed by atoms with Crippen molar-refractivity contribution in [2.24, 2.45) is 0 Å². The van der Waals surface area contributed by atoms with Crippen LogP contribution < -0.4 is 5.32 Å². The number of rotatable bonds is 3. The van der Waals surface area contributed by atoms with Crippen LogP contribution in [0, 0.1) is 11.3 Å². The Balaban J connectivity index is 2.24. The average Bonchev–Trinajstić information content (AvgIpc) is 2.83. The van der Waals surface area contributed by atoms with Gasteiger partial charge in [0.05, 0.1) is 23.5 Å². The number of aromatic nitrogens is 2. The Kier molecular flexibility index (Phi) is 3.31. The molecule has 0 aliphatic carbocycles. The monoisotopic (exact) mass is 246 g/mol. The molecule has 1 heterocycles. The van der Waals surface area contributed by atoms with Crippen molar-refractivity contribution in [2.45, 2.75) is 13.0 Å². The van der Waals surface area contributed by atoms with Crippen LogP contribution in [0.1, 0.15) is 24.1 Å². The molecule has 1 aromatic heterocycles. The van der Waals surface area contributed by atoms with Gasteiger partial charge >= 0.3 is 0 Å². The molecule has 0 aliphatic heterocycles. The number of halogens is 1. The number of hydrogen-bond acceptors (Lipinski definition) is 3. The van der Waals surface area contributed by atoms with Crippen molar-refractivity contribution in [3.63, 3.8) is 0 Å². The van der Waals surface area contributed by atoms with E-state index in [9.17, 15) is 0 Å². The van der Waals surface area contributed by atoms with Gasteiger partial charge in [-0.1, -0.05) is 11.6 Å². The molecular weight excluding hydrogens is 236 g/mol. The van der Waals surface area contributed by atoms with Gasteiger partial charge in [0.25, 0.3) is 0 Å². The van der Waals surface area contributed by atoms with E-state index in [-0.39, 0.29) is 6.04 Å². The molecule has 1 atom stereocenters. The van der Waals surface area contributed by atoms with Crippen molar-refractivity contribution in [1.29, 1.82) is 5.26 Å². The van der Waals surface area contributed by atoms with Crippen LogP contribution in [0.25, 0.3) is 0 Å². The summed E-state index contributed by atoms with van der Waals surface area (Å²) in [6.45, 7) is 1.99. The molecule has 4 nitrogen and oxygen atoms in total. The lowest BCUT2D eigenvalue weighted by molar-refractivity contribution is 0.885. The minimum Gasteiger partial charge on any atom is -0.377 e. The van der Waals surface area contributed by atoms with E-state index in [0.29, 0.717) is 10.6 Å². The Hall–Kier alpha value is -1.99. The van der Waals surface area contributed by atoms with Crippen molar-refractivity contribution in [3.05, 3.63) is 46.7 Å². The summed E-state index contributed by atoms with van der Waals surface area (Å²) in [6, 6.07) is 7.33. The second-order valence-corrected chi connectivity index (χ2v) is 4.14. The number of H-pyrrole nitrogens is 1. The molecule has 0 saturated carbocycles. The Morgan fingerprint density at radius 2 is 2.35 bits per heavy atom. The molecule has 0 saturated heterocycles. The van der Waals surface area contributed by atoms with E-state index >= 15 is 0 Å². The zero-order valence-electron chi connectivity index (χ0n) is 9.24. The predicted octanol–water partition coefficient (Wildman–Crippen LogP) is 3.11. The molecule has 0 aliphatic rings. The molecule has 2 N–H and O–H groups in total. The fourth-order valence-electron chi connectivity index (χ4n) is 1.55. The third kappa shape index (κ3) is 2.58. The maximum atomic E-state index is 9.00. The van der Waals surface area contributed by atoms with Gasteiger partial charge in [0, 0.05) is 16.8 Å². The van der Waals surface area contributed by atoms with E-state index in [4.69, 9.17) is 16.9 Å². The topological polar surface area (TPSA) is 64.5 Å². The van der Waals surface area contributed by atoms with Gasteiger partial charge in [0.1, 0.15) is 6.07 Å². The fourth-order valence-corrected chi connectivity index (χ4v) is 1.72. The van der Waals surface area contributed by atoms with Crippen molar-refractivity contribution >= 4 is 17.3 Å². The summed E-state index contributed by atoms with van der Waals surface area (Å²) in [6.07, 6.45) is 3.56. The number of nitriles is 1. The lowest BCUT2D eigenvalue weighted by atomic mass is 10.1. The maximum absolute atomic E-state index is 9.00. The first-order valence-corrected chi connectivity index (χ1v) is 5.53. The first-order valence-electron chi connectivity index (χ1n) is 5.15. The van der Waals surface area contributed by atoms with Crippen LogP contribution in [0.2, 0.25) is 5.02 Å². The van der Waals surface area contributed by atoms with Gasteiger partial charge in [-0.15, -0.1) is 0 Å². The van der Waals surface area contributed by atoms with E-state index < -0.39 is 0 Å². The van der Waals surface area contributed by atoms with Gasteiger partial charge in [0.15, 0.2) is 0 Å². The van der Waals surface area contributed by atoms with Gasteiger partial charge in [-0.05, 0) is 25.1 Å². The lowest BCUT2D eigenvalue weighted by Crippen LogP contribution is -2.06. The normalized spacial score (nSPS) is 11.8. The fraction of sp³-hybridized carbons (Fsp3) is 0.167. The molecular formula is C12H11ClN4. The predicted molar refractivity (Wildman–Crippen MR) is 66.8 cm³/mol. The zero-order valence-corrected chi connectivity index (χ0v) is 9.99.